The molecule has 0 heterocycles. The maximum atomic E-state index is 13.3. The molecule has 0 unspecified atom stereocenters. The van der Waals surface area contributed by atoms with E-state index < -0.39 is 22.5 Å². The molecule has 0 bridgehead atoms. The highest BCUT2D eigenvalue weighted by Crippen LogP contribution is 2.29. The number of nitrogens with one attached hydrogen (secondary N) is 1. The molecule has 0 aliphatic carbocycles. The van der Waals surface area contributed by atoms with Gasteiger partial charge >= 0.3 is 0 Å². The van der Waals surface area contributed by atoms with Crippen molar-refractivity contribution in [3.63, 3.8) is 0 Å². The third-order valence-corrected chi connectivity index (χ3v) is 6.76. The Balaban J connectivity index is 1.96. The summed E-state index contributed by atoms with van der Waals surface area (Å²) in [5.74, 6) is 0.0662. The third-order valence-electron chi connectivity index (χ3n) is 4.67. The second-order valence-electron chi connectivity index (χ2n) is 7.01. The van der Waals surface area contributed by atoms with Crippen molar-refractivity contribution in [2.45, 2.75) is 18.7 Å². The second-order valence-corrected chi connectivity index (χ2v) is 9.28. The molecule has 0 saturated carbocycles. The van der Waals surface area contributed by atoms with E-state index in [0.29, 0.717) is 22.1 Å². The molecular formula is C23H23ClN2O4S. The number of carbonyl (C=O) groups is 1. The molecule has 0 saturated heterocycles. The van der Waals surface area contributed by atoms with Gasteiger partial charge in [-0.2, -0.15) is 0 Å². The summed E-state index contributed by atoms with van der Waals surface area (Å²) < 4.78 is 32.9. The molecule has 0 aliphatic heterocycles. The van der Waals surface area contributed by atoms with Gasteiger partial charge in [0.05, 0.1) is 28.4 Å². The molecule has 6 nitrogen and oxygen atoms in total. The van der Waals surface area contributed by atoms with Crippen molar-refractivity contribution < 1.29 is 17.9 Å². The molecule has 0 aromatic heterocycles. The van der Waals surface area contributed by atoms with Crippen LogP contribution in [0.3, 0.4) is 0 Å². The van der Waals surface area contributed by atoms with E-state index in [1.165, 1.54) is 19.2 Å². The molecule has 0 atom stereocenters. The summed E-state index contributed by atoms with van der Waals surface area (Å²) in [6.07, 6.45) is 0. The molecule has 0 radical (unpaired) electrons. The highest BCUT2D eigenvalue weighted by atomic mass is 35.5. The fraction of sp³-hybridized carbons (Fsp3) is 0.174. The lowest BCUT2D eigenvalue weighted by molar-refractivity contribution is -0.114. The number of anilines is 2. The van der Waals surface area contributed by atoms with Gasteiger partial charge in [0.15, 0.2) is 0 Å². The summed E-state index contributed by atoms with van der Waals surface area (Å²) in [6, 6.07) is 18.1. The van der Waals surface area contributed by atoms with Crippen molar-refractivity contribution in [1.29, 1.82) is 0 Å². The maximum Gasteiger partial charge on any atom is 0.264 e. The van der Waals surface area contributed by atoms with E-state index in [1.54, 1.807) is 48.5 Å². The number of nitrogens with zero attached hydrogens (tertiary/aromatic N) is 1. The van der Waals surface area contributed by atoms with Crippen molar-refractivity contribution in [3.05, 3.63) is 82.9 Å². The monoisotopic (exact) mass is 458 g/mol. The molecule has 3 aromatic rings. The largest absolute Gasteiger partial charge is 0.497 e. The van der Waals surface area contributed by atoms with Crippen LogP contribution in [0.1, 0.15) is 11.1 Å². The minimum Gasteiger partial charge on any atom is -0.497 e. The minimum atomic E-state index is -3.99. The van der Waals surface area contributed by atoms with Crippen LogP contribution in [0.25, 0.3) is 0 Å². The lowest BCUT2D eigenvalue weighted by Crippen LogP contribution is -2.38. The second kappa shape index (κ2) is 9.41. The molecule has 8 heteroatoms. The number of carbonyl (C=O) groups excluding carboxylic acids is 1. The van der Waals surface area contributed by atoms with Gasteiger partial charge in [-0.15, -0.1) is 0 Å². The van der Waals surface area contributed by atoms with Crippen molar-refractivity contribution >= 4 is 38.9 Å². The van der Waals surface area contributed by atoms with Crippen LogP contribution in [0.4, 0.5) is 11.4 Å². The van der Waals surface area contributed by atoms with Crippen LogP contribution in [0, 0.1) is 13.8 Å². The molecule has 3 aromatic carbocycles. The summed E-state index contributed by atoms with van der Waals surface area (Å²) in [7, 11) is -2.47. The minimum absolute atomic E-state index is 0.0863. The zero-order valence-corrected chi connectivity index (χ0v) is 19.0. The molecule has 0 aliphatic rings. The van der Waals surface area contributed by atoms with E-state index in [-0.39, 0.29) is 4.90 Å². The Morgan fingerprint density at radius 1 is 1.03 bits per heavy atom. The molecule has 1 amide bonds. The number of hydrogen-bond acceptors (Lipinski definition) is 4. The highest BCUT2D eigenvalue weighted by Gasteiger charge is 2.27. The predicted molar refractivity (Wildman–Crippen MR) is 124 cm³/mol. The van der Waals surface area contributed by atoms with Gasteiger partial charge in [0.1, 0.15) is 12.3 Å². The van der Waals surface area contributed by atoms with Crippen molar-refractivity contribution in [2.75, 3.05) is 23.3 Å². The summed E-state index contributed by atoms with van der Waals surface area (Å²) >= 11 is 6.29. The smallest absolute Gasteiger partial charge is 0.264 e. The van der Waals surface area contributed by atoms with Gasteiger partial charge in [0, 0.05) is 0 Å². The van der Waals surface area contributed by atoms with E-state index in [0.717, 1.165) is 15.4 Å². The number of halogens is 1. The molecule has 0 fully saturated rings. The standard InChI is InChI=1S/C23H23ClN2O4S/c1-16-13-17(2)23(21(24)14-16)25-22(27)15-26(18-9-11-19(30-3)12-10-18)31(28,29)20-7-5-4-6-8-20/h4-14H,15H2,1-3H3,(H,25,27). The Morgan fingerprint density at radius 2 is 1.68 bits per heavy atom. The first-order valence-electron chi connectivity index (χ1n) is 9.51. The Hall–Kier alpha value is -3.03. The Bertz CT molecular complexity index is 1160. The molecule has 3 rings (SSSR count). The maximum absolute atomic E-state index is 13.3. The van der Waals surface area contributed by atoms with E-state index in [4.69, 9.17) is 16.3 Å². The summed E-state index contributed by atoms with van der Waals surface area (Å²) in [5, 5.41) is 3.15. The van der Waals surface area contributed by atoms with E-state index >= 15 is 0 Å². The number of ether oxygens (including phenoxy) is 1. The molecule has 1 N–H and O–H groups in total. The number of benzene rings is 3. The molecular weight excluding hydrogens is 436 g/mol. The van der Waals surface area contributed by atoms with Crippen LogP contribution < -0.4 is 14.4 Å². The lowest BCUT2D eigenvalue weighted by Gasteiger charge is -2.24. The predicted octanol–water partition coefficient (Wildman–Crippen LogP) is 4.80. The summed E-state index contributed by atoms with van der Waals surface area (Å²) in [5.41, 5.74) is 2.56. The zero-order valence-electron chi connectivity index (χ0n) is 17.4. The number of rotatable bonds is 7. The number of amides is 1. The number of hydrogen-bond donors (Lipinski definition) is 1. The van der Waals surface area contributed by atoms with Crippen LogP contribution in [-0.2, 0) is 14.8 Å². The first-order valence-corrected chi connectivity index (χ1v) is 11.3. The fourth-order valence-corrected chi connectivity index (χ4v) is 4.98. The first-order chi connectivity index (χ1) is 14.7. The van der Waals surface area contributed by atoms with Crippen LogP contribution in [-0.4, -0.2) is 28.0 Å². The van der Waals surface area contributed by atoms with Crippen LogP contribution in [0.5, 0.6) is 5.75 Å². The van der Waals surface area contributed by atoms with Gasteiger partial charge < -0.3 is 10.1 Å². The van der Waals surface area contributed by atoms with Gasteiger partial charge in [0.2, 0.25) is 5.91 Å². The average Bonchev–Trinajstić information content (AvgIpc) is 2.75. The number of sulfonamides is 1. The summed E-state index contributed by atoms with van der Waals surface area (Å²) in [6.45, 7) is 3.31. The van der Waals surface area contributed by atoms with Crippen LogP contribution in [0.15, 0.2) is 71.6 Å². The Kier molecular flexibility index (Phi) is 6.87. The van der Waals surface area contributed by atoms with Gasteiger partial charge in [-0.1, -0.05) is 35.9 Å². The van der Waals surface area contributed by atoms with E-state index in [2.05, 4.69) is 5.32 Å². The van der Waals surface area contributed by atoms with E-state index in [9.17, 15) is 13.2 Å². The fourth-order valence-electron chi connectivity index (χ4n) is 3.17. The SMILES string of the molecule is COc1ccc(N(CC(=O)Nc2c(C)cc(C)cc2Cl)S(=O)(=O)c2ccccc2)cc1. The quantitative estimate of drug-likeness (QED) is 0.551. The lowest BCUT2D eigenvalue weighted by atomic mass is 10.1. The Labute approximate surface area is 187 Å². The van der Waals surface area contributed by atoms with E-state index in [1.807, 2.05) is 19.9 Å². The third kappa shape index (κ3) is 5.18. The summed E-state index contributed by atoms with van der Waals surface area (Å²) in [4.78, 5) is 13.0. The van der Waals surface area contributed by atoms with Crippen molar-refractivity contribution in [1.82, 2.24) is 0 Å². The van der Waals surface area contributed by atoms with Gasteiger partial charge in [-0.3, -0.25) is 9.10 Å². The number of methoxy groups -OCH3 is 1. The first kappa shape index (κ1) is 22.7. The normalized spacial score (nSPS) is 11.1. The topological polar surface area (TPSA) is 75.7 Å². The highest BCUT2D eigenvalue weighted by molar-refractivity contribution is 7.92. The average molecular weight is 459 g/mol. The van der Waals surface area contributed by atoms with Crippen LogP contribution >= 0.6 is 11.6 Å². The molecule has 31 heavy (non-hydrogen) atoms. The van der Waals surface area contributed by atoms with Gasteiger partial charge in [0.25, 0.3) is 10.0 Å². The van der Waals surface area contributed by atoms with Gasteiger partial charge in [-0.25, -0.2) is 8.42 Å². The zero-order chi connectivity index (χ0) is 22.6. The van der Waals surface area contributed by atoms with Crippen molar-refractivity contribution in [2.24, 2.45) is 0 Å². The molecule has 162 valence electrons. The Morgan fingerprint density at radius 3 is 2.26 bits per heavy atom. The van der Waals surface area contributed by atoms with Gasteiger partial charge in [-0.05, 0) is 67.4 Å². The van der Waals surface area contributed by atoms with Crippen molar-refractivity contribution in [3.8, 4) is 5.75 Å². The molecule has 0 spiro atoms. The number of aryl methyl sites for hydroxylation is 2. The van der Waals surface area contributed by atoms with Crippen LogP contribution in [0.2, 0.25) is 5.02 Å².